The summed E-state index contributed by atoms with van der Waals surface area (Å²) in [4.78, 5) is 14.5. The first-order valence-corrected chi connectivity index (χ1v) is 7.10. The third-order valence-corrected chi connectivity index (χ3v) is 3.27. The minimum absolute atomic E-state index is 0.0811. The third kappa shape index (κ3) is 3.71. The van der Waals surface area contributed by atoms with Crippen molar-refractivity contribution < 1.29 is 23.3 Å². The molecule has 0 bridgehead atoms. The molecule has 3 aromatic rings. The summed E-state index contributed by atoms with van der Waals surface area (Å²) >= 11 is 0. The zero-order valence-electron chi connectivity index (χ0n) is 13.0. The molecule has 0 radical (unpaired) electrons. The van der Waals surface area contributed by atoms with Gasteiger partial charge in [-0.2, -0.15) is 4.98 Å². The number of halogens is 1. The number of nitrogens with zero attached hydrogens (tertiary/aromatic N) is 3. The van der Waals surface area contributed by atoms with Crippen molar-refractivity contribution in [2.45, 2.75) is 6.61 Å². The molecule has 128 valence electrons. The predicted molar refractivity (Wildman–Crippen MR) is 83.7 cm³/mol. The fraction of sp³-hybridized carbons (Fsp3) is 0.125. The van der Waals surface area contributed by atoms with Crippen LogP contribution in [-0.2, 0) is 6.61 Å². The Morgan fingerprint density at radius 1 is 1.20 bits per heavy atom. The number of ether oxygens (including phenoxy) is 2. The van der Waals surface area contributed by atoms with Gasteiger partial charge in [-0.1, -0.05) is 5.16 Å². The summed E-state index contributed by atoms with van der Waals surface area (Å²) in [5.41, 5.74) is 0.434. The van der Waals surface area contributed by atoms with Crippen LogP contribution < -0.4 is 9.47 Å². The van der Waals surface area contributed by atoms with Crippen molar-refractivity contribution >= 4 is 5.69 Å². The highest BCUT2D eigenvalue weighted by Gasteiger charge is 2.14. The summed E-state index contributed by atoms with van der Waals surface area (Å²) < 4.78 is 28.6. The number of benzene rings is 2. The van der Waals surface area contributed by atoms with Gasteiger partial charge in [-0.05, 0) is 30.3 Å². The SMILES string of the molecule is COc1ccc([N+](=O)[O-])cc1OCc1noc(-c2ccc(F)cc2)n1. The first-order chi connectivity index (χ1) is 12.1. The maximum absolute atomic E-state index is 12.9. The molecule has 0 saturated heterocycles. The smallest absolute Gasteiger partial charge is 0.273 e. The Morgan fingerprint density at radius 3 is 2.64 bits per heavy atom. The molecule has 25 heavy (non-hydrogen) atoms. The highest BCUT2D eigenvalue weighted by atomic mass is 19.1. The fourth-order valence-electron chi connectivity index (χ4n) is 2.06. The fourth-order valence-corrected chi connectivity index (χ4v) is 2.06. The summed E-state index contributed by atoms with van der Waals surface area (Å²) in [5, 5.41) is 14.6. The average Bonchev–Trinajstić information content (AvgIpc) is 3.09. The number of nitro groups is 1. The zero-order valence-corrected chi connectivity index (χ0v) is 13.0. The summed E-state index contributed by atoms with van der Waals surface area (Å²) in [7, 11) is 1.43. The second-order valence-corrected chi connectivity index (χ2v) is 4.90. The van der Waals surface area contributed by atoms with E-state index in [4.69, 9.17) is 14.0 Å². The highest BCUT2D eigenvalue weighted by Crippen LogP contribution is 2.31. The van der Waals surface area contributed by atoms with Gasteiger partial charge in [-0.25, -0.2) is 4.39 Å². The van der Waals surface area contributed by atoms with Gasteiger partial charge in [0.25, 0.3) is 11.6 Å². The number of non-ortho nitro benzene ring substituents is 1. The number of rotatable bonds is 6. The standard InChI is InChI=1S/C16H12FN3O5/c1-23-13-7-6-12(20(21)22)8-14(13)24-9-15-18-16(25-19-15)10-2-4-11(17)5-3-10/h2-8H,9H2,1H3. The minimum atomic E-state index is -0.534. The first kappa shape index (κ1) is 16.4. The van der Waals surface area contributed by atoms with Crippen molar-refractivity contribution in [3.8, 4) is 23.0 Å². The Balaban J connectivity index is 1.75. The van der Waals surface area contributed by atoms with Gasteiger partial charge in [0.15, 0.2) is 18.1 Å². The molecular weight excluding hydrogens is 333 g/mol. The monoisotopic (exact) mass is 345 g/mol. The molecule has 0 atom stereocenters. The molecule has 0 saturated carbocycles. The number of hydrogen-bond donors (Lipinski definition) is 0. The maximum Gasteiger partial charge on any atom is 0.273 e. The molecule has 0 fully saturated rings. The summed E-state index contributed by atoms with van der Waals surface area (Å²) in [6, 6.07) is 9.58. The van der Waals surface area contributed by atoms with E-state index >= 15 is 0 Å². The van der Waals surface area contributed by atoms with E-state index in [1.54, 1.807) is 0 Å². The second kappa shape index (κ2) is 6.95. The van der Waals surface area contributed by atoms with Gasteiger partial charge in [0, 0.05) is 11.6 Å². The lowest BCUT2D eigenvalue weighted by Gasteiger charge is -2.08. The van der Waals surface area contributed by atoms with E-state index in [9.17, 15) is 14.5 Å². The van der Waals surface area contributed by atoms with Crippen LogP contribution in [0.1, 0.15) is 5.82 Å². The number of hydrogen-bond acceptors (Lipinski definition) is 7. The molecular formula is C16H12FN3O5. The summed E-state index contributed by atoms with van der Waals surface area (Å²) in [5.74, 6) is 0.597. The normalized spacial score (nSPS) is 10.5. The van der Waals surface area contributed by atoms with Crippen molar-refractivity contribution in [3.63, 3.8) is 0 Å². The van der Waals surface area contributed by atoms with Crippen molar-refractivity contribution in [2.75, 3.05) is 7.11 Å². The van der Waals surface area contributed by atoms with Gasteiger partial charge in [-0.3, -0.25) is 10.1 Å². The maximum atomic E-state index is 12.9. The van der Waals surface area contributed by atoms with Crippen LogP contribution in [-0.4, -0.2) is 22.2 Å². The van der Waals surface area contributed by atoms with E-state index in [1.807, 2.05) is 0 Å². The van der Waals surface area contributed by atoms with E-state index in [-0.39, 0.29) is 35.6 Å². The molecule has 3 rings (SSSR count). The third-order valence-electron chi connectivity index (χ3n) is 3.27. The lowest BCUT2D eigenvalue weighted by molar-refractivity contribution is -0.385. The molecule has 2 aromatic carbocycles. The molecule has 1 heterocycles. The Bertz CT molecular complexity index is 895. The van der Waals surface area contributed by atoms with E-state index < -0.39 is 4.92 Å². The van der Waals surface area contributed by atoms with Crippen molar-refractivity contribution in [2.24, 2.45) is 0 Å². The summed E-state index contributed by atoms with van der Waals surface area (Å²) in [6.45, 7) is -0.0811. The zero-order chi connectivity index (χ0) is 17.8. The van der Waals surface area contributed by atoms with Crippen LogP contribution in [0, 0.1) is 15.9 Å². The minimum Gasteiger partial charge on any atom is -0.493 e. The predicted octanol–water partition coefficient (Wildman–Crippen LogP) is 3.37. The van der Waals surface area contributed by atoms with Gasteiger partial charge in [0.2, 0.25) is 5.82 Å². The molecule has 0 N–H and O–H groups in total. The van der Waals surface area contributed by atoms with Crippen molar-refractivity contribution in [1.29, 1.82) is 0 Å². The molecule has 0 unspecified atom stereocenters. The Kier molecular flexibility index (Phi) is 4.55. The molecule has 0 spiro atoms. The highest BCUT2D eigenvalue weighted by molar-refractivity contribution is 5.52. The van der Waals surface area contributed by atoms with E-state index in [1.165, 1.54) is 49.6 Å². The van der Waals surface area contributed by atoms with Crippen LogP contribution in [0.3, 0.4) is 0 Å². The van der Waals surface area contributed by atoms with Gasteiger partial charge in [0.1, 0.15) is 5.82 Å². The van der Waals surface area contributed by atoms with E-state index in [2.05, 4.69) is 10.1 Å². The largest absolute Gasteiger partial charge is 0.493 e. The molecule has 0 aliphatic heterocycles. The number of aromatic nitrogens is 2. The Morgan fingerprint density at radius 2 is 1.96 bits per heavy atom. The molecule has 0 aliphatic rings. The lowest BCUT2D eigenvalue weighted by atomic mass is 10.2. The molecule has 0 aliphatic carbocycles. The van der Waals surface area contributed by atoms with Crippen LogP contribution in [0.15, 0.2) is 47.0 Å². The van der Waals surface area contributed by atoms with Gasteiger partial charge in [-0.15, -0.1) is 0 Å². The van der Waals surface area contributed by atoms with Gasteiger partial charge < -0.3 is 14.0 Å². The Labute approximate surface area is 141 Å². The van der Waals surface area contributed by atoms with E-state index in [0.29, 0.717) is 11.3 Å². The van der Waals surface area contributed by atoms with Gasteiger partial charge >= 0.3 is 0 Å². The van der Waals surface area contributed by atoms with Crippen LogP contribution >= 0.6 is 0 Å². The van der Waals surface area contributed by atoms with Crippen LogP contribution in [0.4, 0.5) is 10.1 Å². The molecule has 9 heteroatoms. The molecule has 8 nitrogen and oxygen atoms in total. The first-order valence-electron chi connectivity index (χ1n) is 7.10. The van der Waals surface area contributed by atoms with Crippen molar-refractivity contribution in [1.82, 2.24) is 10.1 Å². The average molecular weight is 345 g/mol. The molecule has 0 amide bonds. The number of nitro benzene ring substituents is 1. The molecule has 1 aromatic heterocycles. The van der Waals surface area contributed by atoms with Crippen LogP contribution in [0.2, 0.25) is 0 Å². The summed E-state index contributed by atoms with van der Waals surface area (Å²) in [6.07, 6.45) is 0. The Hall–Kier alpha value is -3.49. The topological polar surface area (TPSA) is 101 Å². The van der Waals surface area contributed by atoms with Gasteiger partial charge in [0.05, 0.1) is 18.1 Å². The number of methoxy groups -OCH3 is 1. The van der Waals surface area contributed by atoms with Crippen LogP contribution in [0.25, 0.3) is 11.5 Å². The second-order valence-electron chi connectivity index (χ2n) is 4.90. The van der Waals surface area contributed by atoms with Crippen LogP contribution in [0.5, 0.6) is 11.5 Å². The quantitative estimate of drug-likeness (QED) is 0.498. The lowest BCUT2D eigenvalue weighted by Crippen LogP contribution is -2.00. The van der Waals surface area contributed by atoms with Crippen molar-refractivity contribution in [3.05, 3.63) is 64.2 Å². The van der Waals surface area contributed by atoms with E-state index in [0.717, 1.165) is 0 Å².